The number of hydrogen-bond acceptors (Lipinski definition) is 4. The number of carbonyl (C=O) groups is 1. The number of amides is 1. The lowest BCUT2D eigenvalue weighted by molar-refractivity contribution is 0.0926. The van der Waals surface area contributed by atoms with E-state index in [0.29, 0.717) is 6.04 Å². The Bertz CT molecular complexity index is 1650. The van der Waals surface area contributed by atoms with Gasteiger partial charge in [0, 0.05) is 54.7 Å². The Labute approximate surface area is 242 Å². The molecule has 5 aromatic rings. The summed E-state index contributed by atoms with van der Waals surface area (Å²) in [6.45, 7) is 2.04. The molecule has 3 aromatic carbocycles. The van der Waals surface area contributed by atoms with E-state index in [-0.39, 0.29) is 11.9 Å². The highest BCUT2D eigenvalue weighted by molar-refractivity contribution is 5.97. The van der Waals surface area contributed by atoms with E-state index in [2.05, 4.69) is 82.7 Å². The maximum Gasteiger partial charge on any atom is 0.253 e. The van der Waals surface area contributed by atoms with E-state index in [1.165, 1.54) is 0 Å². The SMILES string of the molecule is Cc1c(C(=O)N[C@H]2CC[C@@H](Nc3cc(N(C)C)c4ccccc4n3)CC2)cc(-c2ccccc2)n1-c1ccccc1. The summed E-state index contributed by atoms with van der Waals surface area (Å²) in [5, 5.41) is 8.18. The van der Waals surface area contributed by atoms with Gasteiger partial charge in [0.15, 0.2) is 0 Å². The van der Waals surface area contributed by atoms with Crippen LogP contribution in [0.1, 0.15) is 41.7 Å². The number of benzene rings is 3. The van der Waals surface area contributed by atoms with Crippen LogP contribution in [0.15, 0.2) is 97.1 Å². The third kappa shape index (κ3) is 5.55. The van der Waals surface area contributed by atoms with Crippen molar-refractivity contribution in [2.75, 3.05) is 24.3 Å². The van der Waals surface area contributed by atoms with Gasteiger partial charge in [-0.2, -0.15) is 0 Å². The first-order chi connectivity index (χ1) is 20.0. The summed E-state index contributed by atoms with van der Waals surface area (Å²) in [5.41, 5.74) is 6.99. The molecule has 0 spiro atoms. The lowest BCUT2D eigenvalue weighted by Crippen LogP contribution is -2.40. The fraction of sp³-hybridized carbons (Fsp3) is 0.257. The van der Waals surface area contributed by atoms with Crippen LogP contribution in [0.5, 0.6) is 0 Å². The zero-order valence-electron chi connectivity index (χ0n) is 24.0. The molecule has 0 aliphatic heterocycles. The van der Waals surface area contributed by atoms with Crippen molar-refractivity contribution in [3.05, 3.63) is 108 Å². The van der Waals surface area contributed by atoms with Crippen LogP contribution in [0.25, 0.3) is 27.8 Å². The molecular weight excluding hydrogens is 506 g/mol. The smallest absolute Gasteiger partial charge is 0.253 e. The molecule has 41 heavy (non-hydrogen) atoms. The third-order valence-corrected chi connectivity index (χ3v) is 8.17. The van der Waals surface area contributed by atoms with Crippen molar-refractivity contribution in [1.29, 1.82) is 0 Å². The van der Waals surface area contributed by atoms with Gasteiger partial charge in [-0.1, -0.05) is 66.7 Å². The number of hydrogen-bond donors (Lipinski definition) is 2. The fourth-order valence-corrected chi connectivity index (χ4v) is 6.02. The Balaban J connectivity index is 1.15. The van der Waals surface area contributed by atoms with Crippen LogP contribution in [-0.4, -0.2) is 41.6 Å². The quantitative estimate of drug-likeness (QED) is 0.228. The first kappa shape index (κ1) is 26.6. The molecule has 1 amide bonds. The minimum absolute atomic E-state index is 0.00223. The third-order valence-electron chi connectivity index (χ3n) is 8.17. The average Bonchev–Trinajstić information content (AvgIpc) is 3.35. The molecule has 1 saturated carbocycles. The van der Waals surface area contributed by atoms with Crippen molar-refractivity contribution in [1.82, 2.24) is 14.9 Å². The van der Waals surface area contributed by atoms with E-state index in [1.807, 2.05) is 55.5 Å². The van der Waals surface area contributed by atoms with Crippen molar-refractivity contribution in [3.63, 3.8) is 0 Å². The van der Waals surface area contributed by atoms with Gasteiger partial charge in [-0.15, -0.1) is 0 Å². The molecule has 1 aliphatic carbocycles. The summed E-state index contributed by atoms with van der Waals surface area (Å²) >= 11 is 0. The van der Waals surface area contributed by atoms with Gasteiger partial charge in [0.05, 0.1) is 16.8 Å². The zero-order valence-corrected chi connectivity index (χ0v) is 24.0. The van der Waals surface area contributed by atoms with Gasteiger partial charge in [-0.25, -0.2) is 4.98 Å². The number of carbonyl (C=O) groups excluding carboxylic acids is 1. The molecule has 1 aliphatic rings. The van der Waals surface area contributed by atoms with E-state index >= 15 is 0 Å². The minimum atomic E-state index is -0.00223. The largest absolute Gasteiger partial charge is 0.377 e. The van der Waals surface area contributed by atoms with Gasteiger partial charge in [-0.05, 0) is 62.4 Å². The van der Waals surface area contributed by atoms with Crippen molar-refractivity contribution in [3.8, 4) is 16.9 Å². The van der Waals surface area contributed by atoms with Crippen LogP contribution >= 0.6 is 0 Å². The van der Waals surface area contributed by atoms with E-state index < -0.39 is 0 Å². The number of para-hydroxylation sites is 2. The van der Waals surface area contributed by atoms with E-state index in [9.17, 15) is 4.79 Å². The number of nitrogens with one attached hydrogen (secondary N) is 2. The van der Waals surface area contributed by atoms with Crippen LogP contribution in [0.2, 0.25) is 0 Å². The van der Waals surface area contributed by atoms with Crippen molar-refractivity contribution in [2.24, 2.45) is 0 Å². The molecule has 208 valence electrons. The van der Waals surface area contributed by atoms with Crippen LogP contribution in [0, 0.1) is 6.92 Å². The minimum Gasteiger partial charge on any atom is -0.377 e. The normalized spacial score (nSPS) is 16.9. The number of pyridine rings is 1. The molecule has 2 N–H and O–H groups in total. The van der Waals surface area contributed by atoms with E-state index in [1.54, 1.807) is 0 Å². The Morgan fingerprint density at radius 2 is 1.46 bits per heavy atom. The van der Waals surface area contributed by atoms with E-state index in [0.717, 1.165) is 76.3 Å². The first-order valence-corrected chi connectivity index (χ1v) is 14.5. The molecule has 6 nitrogen and oxygen atoms in total. The highest BCUT2D eigenvalue weighted by Crippen LogP contribution is 2.31. The number of aromatic nitrogens is 2. The topological polar surface area (TPSA) is 62.2 Å². The monoisotopic (exact) mass is 543 g/mol. The van der Waals surface area contributed by atoms with Crippen LogP contribution < -0.4 is 15.5 Å². The standard InChI is InChI=1S/C35H37N5O/c1-24-30(22-32(25-12-6-4-7-13-25)40(24)28-14-8-5-9-15-28)35(41)37-27-20-18-26(19-21-27)36-34-23-33(39(2)3)29-16-10-11-17-31(29)38-34/h4-17,22-23,26-27H,18-21H2,1-3H3,(H,36,38)(H,37,41)/t26-,27+. The molecule has 0 radical (unpaired) electrons. The second-order valence-corrected chi connectivity index (χ2v) is 11.2. The molecular formula is C35H37N5O. The highest BCUT2D eigenvalue weighted by Gasteiger charge is 2.26. The number of fused-ring (bicyclic) bond motifs is 1. The second kappa shape index (κ2) is 11.5. The molecule has 1 fully saturated rings. The molecule has 2 aromatic heterocycles. The molecule has 2 heterocycles. The first-order valence-electron chi connectivity index (χ1n) is 14.5. The summed E-state index contributed by atoms with van der Waals surface area (Å²) in [5.74, 6) is 0.906. The van der Waals surface area contributed by atoms with Crippen LogP contribution in [-0.2, 0) is 0 Å². The Morgan fingerprint density at radius 3 is 2.17 bits per heavy atom. The summed E-state index contributed by atoms with van der Waals surface area (Å²) in [6.07, 6.45) is 3.83. The number of rotatable bonds is 7. The summed E-state index contributed by atoms with van der Waals surface area (Å²) in [7, 11) is 4.13. The molecule has 6 heteroatoms. The Kier molecular flexibility index (Phi) is 7.47. The number of anilines is 2. The lowest BCUT2D eigenvalue weighted by Gasteiger charge is -2.30. The van der Waals surface area contributed by atoms with Gasteiger partial charge in [-0.3, -0.25) is 4.79 Å². The van der Waals surface area contributed by atoms with Gasteiger partial charge >= 0.3 is 0 Å². The zero-order chi connectivity index (χ0) is 28.3. The van der Waals surface area contributed by atoms with Gasteiger partial charge < -0.3 is 20.1 Å². The van der Waals surface area contributed by atoms with Crippen LogP contribution in [0.4, 0.5) is 11.5 Å². The highest BCUT2D eigenvalue weighted by atomic mass is 16.1. The maximum atomic E-state index is 13.6. The summed E-state index contributed by atoms with van der Waals surface area (Å²) in [4.78, 5) is 20.6. The molecule has 0 unspecified atom stereocenters. The molecule has 0 atom stereocenters. The van der Waals surface area contributed by atoms with Gasteiger partial charge in [0.1, 0.15) is 5.82 Å². The predicted molar refractivity (Wildman–Crippen MR) is 169 cm³/mol. The summed E-state index contributed by atoms with van der Waals surface area (Å²) < 4.78 is 2.18. The van der Waals surface area contributed by atoms with E-state index in [4.69, 9.17) is 4.98 Å². The number of nitrogens with zero attached hydrogens (tertiary/aromatic N) is 3. The molecule has 6 rings (SSSR count). The Hall–Kier alpha value is -4.58. The van der Waals surface area contributed by atoms with Crippen molar-refractivity contribution >= 4 is 28.3 Å². The van der Waals surface area contributed by atoms with Gasteiger partial charge in [0.25, 0.3) is 5.91 Å². The predicted octanol–water partition coefficient (Wildman–Crippen LogP) is 7.22. The van der Waals surface area contributed by atoms with Crippen molar-refractivity contribution < 1.29 is 4.79 Å². The summed E-state index contributed by atoms with van der Waals surface area (Å²) in [6, 6.07) is 33.5. The molecule has 0 bridgehead atoms. The van der Waals surface area contributed by atoms with Gasteiger partial charge in [0.2, 0.25) is 0 Å². The molecule has 0 saturated heterocycles. The fourth-order valence-electron chi connectivity index (χ4n) is 6.02. The maximum absolute atomic E-state index is 13.6. The van der Waals surface area contributed by atoms with Crippen LogP contribution in [0.3, 0.4) is 0 Å². The average molecular weight is 544 g/mol. The Morgan fingerprint density at radius 1 is 0.829 bits per heavy atom. The van der Waals surface area contributed by atoms with Crippen molar-refractivity contribution in [2.45, 2.75) is 44.7 Å². The lowest BCUT2D eigenvalue weighted by atomic mass is 9.91. The second-order valence-electron chi connectivity index (χ2n) is 11.2.